The third kappa shape index (κ3) is 4.77. The number of carbonyl (C=O) groups is 2. The van der Waals surface area contributed by atoms with E-state index in [-0.39, 0.29) is 30.4 Å². The van der Waals surface area contributed by atoms with Crippen molar-refractivity contribution in [2.45, 2.75) is 19.6 Å². The summed E-state index contributed by atoms with van der Waals surface area (Å²) in [5.74, 6) is -0.228. The Balaban J connectivity index is 1.66. The van der Waals surface area contributed by atoms with Crippen LogP contribution in [0.3, 0.4) is 0 Å². The summed E-state index contributed by atoms with van der Waals surface area (Å²) in [6.07, 6.45) is -1.20. The number of nitrogens with zero attached hydrogens (tertiary/aromatic N) is 1. The molecule has 11 heteroatoms. The minimum Gasteiger partial charge on any atom is -0.493 e. The van der Waals surface area contributed by atoms with Gasteiger partial charge in [-0.2, -0.15) is 0 Å². The summed E-state index contributed by atoms with van der Waals surface area (Å²) in [5.41, 5.74) is -0.139. The summed E-state index contributed by atoms with van der Waals surface area (Å²) in [7, 11) is 2.64. The lowest BCUT2D eigenvalue weighted by Crippen LogP contribution is -2.35. The number of hydrogen-bond acceptors (Lipinski definition) is 9. The third-order valence-electron chi connectivity index (χ3n) is 4.48. The van der Waals surface area contributed by atoms with E-state index in [1.165, 1.54) is 21.1 Å². The van der Waals surface area contributed by atoms with E-state index >= 15 is 0 Å². The molecule has 164 valence electrons. The number of rotatable bonds is 8. The maximum Gasteiger partial charge on any atom is 0.346 e. The Morgan fingerprint density at radius 1 is 1.13 bits per heavy atom. The largest absolute Gasteiger partial charge is 0.493 e. The number of nitrogens with one attached hydrogen (secondary N) is 1. The fourth-order valence-corrected chi connectivity index (χ4v) is 2.84. The van der Waals surface area contributed by atoms with Crippen molar-refractivity contribution in [1.29, 1.82) is 0 Å². The van der Waals surface area contributed by atoms with E-state index in [2.05, 4.69) is 5.32 Å². The van der Waals surface area contributed by atoms with E-state index in [9.17, 15) is 19.7 Å². The van der Waals surface area contributed by atoms with Gasteiger partial charge in [0.25, 0.3) is 11.6 Å². The van der Waals surface area contributed by atoms with Crippen molar-refractivity contribution in [1.82, 2.24) is 5.32 Å². The van der Waals surface area contributed by atoms with Crippen molar-refractivity contribution >= 4 is 17.6 Å². The number of methoxy groups -OCH3 is 2. The molecule has 2 aromatic rings. The zero-order valence-electron chi connectivity index (χ0n) is 17.0. The average molecular weight is 432 g/mol. The van der Waals surface area contributed by atoms with Gasteiger partial charge in [-0.25, -0.2) is 4.79 Å². The lowest BCUT2D eigenvalue weighted by atomic mass is 10.1. The second kappa shape index (κ2) is 9.20. The number of ether oxygens (including phenoxy) is 5. The molecule has 1 amide bonds. The topological polar surface area (TPSA) is 135 Å². The molecule has 1 N–H and O–H groups in total. The number of nitro benzene ring substituents is 1. The first kappa shape index (κ1) is 21.7. The van der Waals surface area contributed by atoms with Crippen molar-refractivity contribution in [3.05, 3.63) is 51.6 Å². The first-order valence-corrected chi connectivity index (χ1v) is 9.11. The molecule has 0 spiro atoms. The van der Waals surface area contributed by atoms with Crippen molar-refractivity contribution in [3.63, 3.8) is 0 Å². The molecule has 1 aliphatic rings. The fourth-order valence-electron chi connectivity index (χ4n) is 2.84. The van der Waals surface area contributed by atoms with E-state index in [1.807, 2.05) is 0 Å². The molecular weight excluding hydrogens is 412 g/mol. The maximum atomic E-state index is 12.5. The van der Waals surface area contributed by atoms with Gasteiger partial charge in [-0.3, -0.25) is 14.9 Å². The first-order chi connectivity index (χ1) is 14.8. The Labute approximate surface area is 176 Å². The predicted octanol–water partition coefficient (Wildman–Crippen LogP) is 2.20. The van der Waals surface area contributed by atoms with Gasteiger partial charge >= 0.3 is 5.97 Å². The number of nitro groups is 1. The van der Waals surface area contributed by atoms with E-state index in [1.54, 1.807) is 18.2 Å². The molecule has 1 heterocycles. The van der Waals surface area contributed by atoms with Gasteiger partial charge in [0.05, 0.1) is 25.2 Å². The minimum atomic E-state index is -1.20. The fraction of sp³-hybridized carbons (Fsp3) is 0.300. The molecular formula is C20H20N2O9. The van der Waals surface area contributed by atoms with Crippen molar-refractivity contribution in [2.24, 2.45) is 0 Å². The van der Waals surface area contributed by atoms with Gasteiger partial charge in [-0.15, -0.1) is 0 Å². The molecule has 1 atom stereocenters. The second-order valence-electron chi connectivity index (χ2n) is 6.43. The zero-order valence-corrected chi connectivity index (χ0v) is 17.0. The zero-order chi connectivity index (χ0) is 22.5. The third-order valence-corrected chi connectivity index (χ3v) is 4.48. The molecule has 11 nitrogen and oxygen atoms in total. The molecule has 0 fully saturated rings. The minimum absolute atomic E-state index is 0.0836. The summed E-state index contributed by atoms with van der Waals surface area (Å²) in [4.78, 5) is 35.5. The molecule has 3 rings (SSSR count). The first-order valence-electron chi connectivity index (χ1n) is 9.11. The normalized spacial score (nSPS) is 12.6. The number of benzene rings is 2. The standard InChI is InChI=1S/C20H20N2O9/c1-11(19(23)21-9-12-4-5-15-18(6-12)30-10-29-15)31-20(24)13-7-16(27-2)17(28-3)8-14(13)22(25)26/h4-8,11H,9-10H2,1-3H3,(H,21,23)/t11-/m1/s1. The summed E-state index contributed by atoms with van der Waals surface area (Å²) < 4.78 is 25.7. The van der Waals surface area contributed by atoms with Gasteiger partial charge in [0.15, 0.2) is 29.1 Å². The number of esters is 1. The number of amides is 1. The van der Waals surface area contributed by atoms with Crippen LogP contribution in [0.2, 0.25) is 0 Å². The van der Waals surface area contributed by atoms with Crippen LogP contribution in [0.1, 0.15) is 22.8 Å². The number of hydrogen-bond donors (Lipinski definition) is 1. The Morgan fingerprint density at radius 2 is 1.81 bits per heavy atom. The van der Waals surface area contributed by atoms with Crippen molar-refractivity contribution < 1.29 is 38.2 Å². The molecule has 2 aromatic carbocycles. The summed E-state index contributed by atoms with van der Waals surface area (Å²) >= 11 is 0. The Bertz CT molecular complexity index is 1020. The van der Waals surface area contributed by atoms with Gasteiger partial charge in [0.2, 0.25) is 6.79 Å². The van der Waals surface area contributed by atoms with Gasteiger partial charge in [-0.1, -0.05) is 6.07 Å². The highest BCUT2D eigenvalue weighted by atomic mass is 16.7. The predicted molar refractivity (Wildman–Crippen MR) is 105 cm³/mol. The van der Waals surface area contributed by atoms with Crippen LogP contribution in [-0.4, -0.2) is 43.9 Å². The average Bonchev–Trinajstić information content (AvgIpc) is 3.24. The van der Waals surface area contributed by atoms with Crippen LogP contribution in [-0.2, 0) is 16.1 Å². The molecule has 31 heavy (non-hydrogen) atoms. The highest BCUT2D eigenvalue weighted by molar-refractivity contribution is 5.96. The summed E-state index contributed by atoms with van der Waals surface area (Å²) in [6, 6.07) is 7.41. The molecule has 1 aliphatic heterocycles. The number of carbonyl (C=O) groups excluding carboxylic acids is 2. The molecule has 0 saturated heterocycles. The maximum absolute atomic E-state index is 12.5. The van der Waals surface area contributed by atoms with Crippen LogP contribution in [0.4, 0.5) is 5.69 Å². The lowest BCUT2D eigenvalue weighted by Gasteiger charge is -2.15. The van der Waals surface area contributed by atoms with Gasteiger partial charge in [0.1, 0.15) is 5.56 Å². The van der Waals surface area contributed by atoms with Crippen LogP contribution < -0.4 is 24.3 Å². The second-order valence-corrected chi connectivity index (χ2v) is 6.43. The molecule has 0 aliphatic carbocycles. The highest BCUT2D eigenvalue weighted by Crippen LogP contribution is 2.35. The van der Waals surface area contributed by atoms with Crippen LogP contribution in [0, 0.1) is 10.1 Å². The highest BCUT2D eigenvalue weighted by Gasteiger charge is 2.28. The molecule has 0 saturated carbocycles. The molecule has 0 aromatic heterocycles. The van der Waals surface area contributed by atoms with Crippen LogP contribution in [0.25, 0.3) is 0 Å². The summed E-state index contributed by atoms with van der Waals surface area (Å²) in [5, 5.41) is 14.0. The molecule has 0 radical (unpaired) electrons. The van der Waals surface area contributed by atoms with Crippen molar-refractivity contribution in [2.75, 3.05) is 21.0 Å². The molecule has 0 bridgehead atoms. The van der Waals surface area contributed by atoms with Gasteiger partial charge in [-0.05, 0) is 24.6 Å². The van der Waals surface area contributed by atoms with Crippen LogP contribution in [0.15, 0.2) is 30.3 Å². The SMILES string of the molecule is COc1cc(C(=O)O[C@H](C)C(=O)NCc2ccc3c(c2)OCO3)c([N+](=O)[O-])cc1OC. The van der Waals surface area contributed by atoms with E-state index in [0.29, 0.717) is 11.5 Å². The quantitative estimate of drug-likeness (QED) is 0.378. The monoisotopic (exact) mass is 432 g/mol. The Hall–Kier alpha value is -4.02. The Morgan fingerprint density at radius 3 is 2.48 bits per heavy atom. The van der Waals surface area contributed by atoms with Crippen molar-refractivity contribution in [3.8, 4) is 23.0 Å². The van der Waals surface area contributed by atoms with E-state index < -0.39 is 28.6 Å². The smallest absolute Gasteiger partial charge is 0.346 e. The van der Waals surface area contributed by atoms with E-state index in [4.69, 9.17) is 23.7 Å². The Kier molecular flexibility index (Phi) is 6.43. The van der Waals surface area contributed by atoms with Gasteiger partial charge in [0, 0.05) is 12.6 Å². The van der Waals surface area contributed by atoms with Crippen LogP contribution >= 0.6 is 0 Å². The van der Waals surface area contributed by atoms with Gasteiger partial charge < -0.3 is 29.0 Å². The number of fused-ring (bicyclic) bond motifs is 1. The van der Waals surface area contributed by atoms with E-state index in [0.717, 1.165) is 17.7 Å². The van der Waals surface area contributed by atoms with Crippen LogP contribution in [0.5, 0.6) is 23.0 Å². The molecule has 0 unspecified atom stereocenters. The summed E-state index contributed by atoms with van der Waals surface area (Å²) in [6.45, 7) is 1.66. The lowest BCUT2D eigenvalue weighted by molar-refractivity contribution is -0.385.